The van der Waals surface area contributed by atoms with E-state index in [4.69, 9.17) is 11.1 Å². The molecular weight excluding hydrogens is 330 g/mol. The molecule has 0 aliphatic heterocycles. The van der Waals surface area contributed by atoms with Gasteiger partial charge in [-0.2, -0.15) is 11.8 Å². The van der Waals surface area contributed by atoms with Gasteiger partial charge in [0.1, 0.15) is 5.84 Å². The molecule has 0 rings (SSSR count). The Morgan fingerprint density at radius 3 is 2.12 bits per heavy atom. The molecular formula is C20H35N3OS. The molecule has 142 valence electrons. The summed E-state index contributed by atoms with van der Waals surface area (Å²) in [7, 11) is 0. The normalized spacial score (nSPS) is 13.3. The molecule has 0 aliphatic carbocycles. The predicted octanol–water partition coefficient (Wildman–Crippen LogP) is 4.58. The van der Waals surface area contributed by atoms with Crippen LogP contribution < -0.4 is 11.1 Å². The SMILES string of the molecule is CC(=O)NC(CSCC=C(C)CCC=C(C)CCC=C(C)C)C(=N)N. The van der Waals surface area contributed by atoms with Crippen LogP contribution in [0.25, 0.3) is 0 Å². The van der Waals surface area contributed by atoms with Crippen molar-refractivity contribution in [3.8, 4) is 0 Å². The van der Waals surface area contributed by atoms with Crippen molar-refractivity contribution in [3.63, 3.8) is 0 Å². The third-order valence-corrected chi connectivity index (χ3v) is 4.68. The molecule has 5 heteroatoms. The van der Waals surface area contributed by atoms with E-state index in [1.54, 1.807) is 11.8 Å². The van der Waals surface area contributed by atoms with Gasteiger partial charge in [0.25, 0.3) is 0 Å². The lowest BCUT2D eigenvalue weighted by Gasteiger charge is -2.15. The van der Waals surface area contributed by atoms with Crippen molar-refractivity contribution in [3.05, 3.63) is 34.9 Å². The zero-order chi connectivity index (χ0) is 19.2. The Labute approximate surface area is 157 Å². The van der Waals surface area contributed by atoms with Gasteiger partial charge in [-0.3, -0.25) is 10.2 Å². The number of thioether (sulfide) groups is 1. The molecule has 0 fully saturated rings. The average molecular weight is 366 g/mol. The van der Waals surface area contributed by atoms with Gasteiger partial charge in [0, 0.05) is 18.4 Å². The highest BCUT2D eigenvalue weighted by Crippen LogP contribution is 2.13. The van der Waals surface area contributed by atoms with Gasteiger partial charge in [-0.15, -0.1) is 0 Å². The first-order valence-electron chi connectivity index (χ1n) is 8.85. The van der Waals surface area contributed by atoms with Crippen LogP contribution in [0.3, 0.4) is 0 Å². The van der Waals surface area contributed by atoms with Crippen LogP contribution in [0.5, 0.6) is 0 Å². The molecule has 0 aliphatic rings. The highest BCUT2D eigenvalue weighted by Gasteiger charge is 2.12. The van der Waals surface area contributed by atoms with Crippen LogP contribution in [0.4, 0.5) is 0 Å². The minimum Gasteiger partial charge on any atom is -0.386 e. The summed E-state index contributed by atoms with van der Waals surface area (Å²) in [5.41, 5.74) is 9.72. The second-order valence-corrected chi connectivity index (χ2v) is 7.78. The Hall–Kier alpha value is -1.49. The first-order chi connectivity index (χ1) is 11.7. The number of nitrogens with one attached hydrogen (secondary N) is 2. The van der Waals surface area contributed by atoms with Gasteiger partial charge >= 0.3 is 0 Å². The molecule has 0 aromatic heterocycles. The quantitative estimate of drug-likeness (QED) is 0.205. The molecule has 0 heterocycles. The number of allylic oxidation sites excluding steroid dienone is 5. The Morgan fingerprint density at radius 2 is 1.60 bits per heavy atom. The van der Waals surface area contributed by atoms with E-state index in [9.17, 15) is 4.79 Å². The van der Waals surface area contributed by atoms with Gasteiger partial charge in [0.2, 0.25) is 5.91 Å². The number of hydrogen-bond acceptors (Lipinski definition) is 3. The highest BCUT2D eigenvalue weighted by molar-refractivity contribution is 7.99. The van der Waals surface area contributed by atoms with Crippen molar-refractivity contribution in [2.45, 2.75) is 66.3 Å². The number of amides is 1. The van der Waals surface area contributed by atoms with Gasteiger partial charge in [-0.25, -0.2) is 0 Å². The first kappa shape index (κ1) is 23.5. The Kier molecular flexibility index (Phi) is 12.9. The van der Waals surface area contributed by atoms with Crippen molar-refractivity contribution in [2.24, 2.45) is 5.73 Å². The molecule has 0 saturated heterocycles. The van der Waals surface area contributed by atoms with Crippen LogP contribution in [-0.4, -0.2) is 29.3 Å². The monoisotopic (exact) mass is 365 g/mol. The van der Waals surface area contributed by atoms with E-state index in [0.29, 0.717) is 5.75 Å². The maximum Gasteiger partial charge on any atom is 0.217 e. The molecule has 1 unspecified atom stereocenters. The molecule has 0 radical (unpaired) electrons. The molecule has 25 heavy (non-hydrogen) atoms. The molecule has 0 bridgehead atoms. The van der Waals surface area contributed by atoms with Crippen molar-refractivity contribution >= 4 is 23.5 Å². The molecule has 0 aromatic rings. The summed E-state index contributed by atoms with van der Waals surface area (Å²) in [6.07, 6.45) is 11.3. The van der Waals surface area contributed by atoms with Gasteiger partial charge < -0.3 is 11.1 Å². The van der Waals surface area contributed by atoms with Crippen LogP contribution >= 0.6 is 11.8 Å². The summed E-state index contributed by atoms with van der Waals surface area (Å²) in [4.78, 5) is 11.1. The van der Waals surface area contributed by atoms with Crippen molar-refractivity contribution < 1.29 is 4.79 Å². The summed E-state index contributed by atoms with van der Waals surface area (Å²) >= 11 is 1.68. The van der Waals surface area contributed by atoms with E-state index < -0.39 is 0 Å². The highest BCUT2D eigenvalue weighted by atomic mass is 32.2. The summed E-state index contributed by atoms with van der Waals surface area (Å²) < 4.78 is 0. The molecule has 0 spiro atoms. The van der Waals surface area contributed by atoms with Gasteiger partial charge in [0.05, 0.1) is 6.04 Å². The number of hydrogen-bond donors (Lipinski definition) is 3. The van der Waals surface area contributed by atoms with E-state index in [1.807, 2.05) is 0 Å². The smallest absolute Gasteiger partial charge is 0.217 e. The van der Waals surface area contributed by atoms with Crippen molar-refractivity contribution in [1.29, 1.82) is 5.41 Å². The molecule has 1 atom stereocenters. The van der Waals surface area contributed by atoms with E-state index in [2.05, 4.69) is 51.2 Å². The van der Waals surface area contributed by atoms with E-state index >= 15 is 0 Å². The van der Waals surface area contributed by atoms with E-state index in [0.717, 1.165) is 31.4 Å². The molecule has 4 N–H and O–H groups in total. The second kappa shape index (κ2) is 13.8. The minimum absolute atomic E-state index is 0.0112. The number of nitrogens with two attached hydrogens (primary N) is 1. The Bertz CT molecular complexity index is 517. The first-order valence-corrected chi connectivity index (χ1v) is 10.0. The largest absolute Gasteiger partial charge is 0.386 e. The topological polar surface area (TPSA) is 79.0 Å². The van der Waals surface area contributed by atoms with E-state index in [-0.39, 0.29) is 17.8 Å². The number of rotatable bonds is 12. The summed E-state index contributed by atoms with van der Waals surface area (Å²) in [6, 6.07) is -0.373. The second-order valence-electron chi connectivity index (χ2n) is 6.71. The van der Waals surface area contributed by atoms with Crippen LogP contribution in [0, 0.1) is 5.41 Å². The average Bonchev–Trinajstić information content (AvgIpc) is 2.49. The number of amidine groups is 1. The number of carbonyl (C=O) groups is 1. The summed E-state index contributed by atoms with van der Waals surface area (Å²) in [5, 5.41) is 10.2. The predicted molar refractivity (Wildman–Crippen MR) is 112 cm³/mol. The van der Waals surface area contributed by atoms with Crippen molar-refractivity contribution in [1.82, 2.24) is 5.32 Å². The number of carbonyl (C=O) groups excluding carboxylic acids is 1. The van der Waals surface area contributed by atoms with Crippen LogP contribution in [-0.2, 0) is 4.79 Å². The standard InChI is InChI=1S/C20H35N3OS/c1-15(2)8-6-9-16(3)10-7-11-17(4)12-13-25-14-19(20(21)22)23-18(5)24/h8,10,12,19H,6-7,9,11,13-14H2,1-5H3,(H3,21,22)(H,23,24). The van der Waals surface area contributed by atoms with Crippen LogP contribution in [0.2, 0.25) is 0 Å². The Morgan fingerprint density at radius 1 is 1.04 bits per heavy atom. The zero-order valence-electron chi connectivity index (χ0n) is 16.4. The van der Waals surface area contributed by atoms with Gasteiger partial charge in [-0.1, -0.05) is 34.9 Å². The molecule has 4 nitrogen and oxygen atoms in total. The van der Waals surface area contributed by atoms with Crippen LogP contribution in [0.1, 0.15) is 60.3 Å². The summed E-state index contributed by atoms with van der Waals surface area (Å²) in [6.45, 7) is 10.1. The lowest BCUT2D eigenvalue weighted by atomic mass is 10.1. The maximum atomic E-state index is 11.1. The third kappa shape index (κ3) is 14.6. The lowest BCUT2D eigenvalue weighted by Crippen LogP contribution is -2.44. The maximum absolute atomic E-state index is 11.1. The fourth-order valence-electron chi connectivity index (χ4n) is 2.18. The fraction of sp³-hybridized carbons (Fsp3) is 0.600. The molecule has 0 aromatic carbocycles. The van der Waals surface area contributed by atoms with Crippen molar-refractivity contribution in [2.75, 3.05) is 11.5 Å². The van der Waals surface area contributed by atoms with Crippen LogP contribution in [0.15, 0.2) is 34.9 Å². The van der Waals surface area contributed by atoms with Gasteiger partial charge in [0.15, 0.2) is 0 Å². The third-order valence-electron chi connectivity index (χ3n) is 3.71. The summed E-state index contributed by atoms with van der Waals surface area (Å²) in [5.74, 6) is 1.36. The lowest BCUT2D eigenvalue weighted by molar-refractivity contribution is -0.119. The van der Waals surface area contributed by atoms with E-state index in [1.165, 1.54) is 23.6 Å². The molecule has 1 amide bonds. The van der Waals surface area contributed by atoms with Gasteiger partial charge in [-0.05, 0) is 53.4 Å². The fourth-order valence-corrected chi connectivity index (χ4v) is 3.22. The minimum atomic E-state index is -0.373. The zero-order valence-corrected chi connectivity index (χ0v) is 17.3. The Balaban J connectivity index is 4.07. The molecule has 0 saturated carbocycles.